The number of nitrogens with zero attached hydrogens (tertiary/aromatic N) is 1. The van der Waals surface area contributed by atoms with Crippen LogP contribution in [0.25, 0.3) is 15.8 Å². The van der Waals surface area contributed by atoms with E-state index in [0.717, 1.165) is 33.6 Å². The highest BCUT2D eigenvalue weighted by molar-refractivity contribution is 7.21. The number of thiophene rings is 1. The summed E-state index contributed by atoms with van der Waals surface area (Å²) in [5.41, 5.74) is 12.4. The van der Waals surface area contributed by atoms with Crippen LogP contribution in [-0.4, -0.2) is 10.9 Å². The summed E-state index contributed by atoms with van der Waals surface area (Å²) in [7, 11) is 0. The van der Waals surface area contributed by atoms with E-state index in [1.165, 1.54) is 22.5 Å². The van der Waals surface area contributed by atoms with Crippen molar-refractivity contribution in [2.75, 3.05) is 11.1 Å². The highest BCUT2D eigenvalue weighted by atomic mass is 32.1. The van der Waals surface area contributed by atoms with E-state index in [1.807, 2.05) is 49.4 Å². The maximum Gasteiger partial charge on any atom is 0.267 e. The molecule has 5 heteroatoms. The number of amides is 1. The van der Waals surface area contributed by atoms with Crippen molar-refractivity contribution >= 4 is 44.4 Å². The van der Waals surface area contributed by atoms with Gasteiger partial charge in [0.15, 0.2) is 0 Å². The van der Waals surface area contributed by atoms with Crippen molar-refractivity contribution in [2.45, 2.75) is 68.2 Å². The predicted octanol–water partition coefficient (Wildman–Crippen LogP) is 9.86. The Morgan fingerprint density at radius 1 is 1.05 bits per heavy atom. The molecule has 1 aromatic carbocycles. The molecule has 208 valence electrons. The summed E-state index contributed by atoms with van der Waals surface area (Å²) < 4.78 is 0. The van der Waals surface area contributed by atoms with Gasteiger partial charge in [0.05, 0.1) is 5.69 Å². The van der Waals surface area contributed by atoms with Gasteiger partial charge in [-0.25, -0.2) is 4.98 Å². The second kappa shape index (κ2) is 13.6. The third-order valence-electron chi connectivity index (χ3n) is 5.98. The number of pyridine rings is 1. The van der Waals surface area contributed by atoms with Gasteiger partial charge >= 0.3 is 0 Å². The molecular weight excluding hydrogens is 498 g/mol. The molecule has 0 saturated heterocycles. The number of anilines is 2. The summed E-state index contributed by atoms with van der Waals surface area (Å²) in [4.78, 5) is 18.9. The maximum atomic E-state index is 13.0. The molecule has 0 fully saturated rings. The number of nitrogen functional groups attached to an aromatic ring is 1. The first-order valence-corrected chi connectivity index (χ1v) is 14.2. The van der Waals surface area contributed by atoms with Crippen molar-refractivity contribution in [3.05, 3.63) is 95.6 Å². The summed E-state index contributed by atoms with van der Waals surface area (Å²) in [6, 6.07) is 11.8. The van der Waals surface area contributed by atoms with Crippen molar-refractivity contribution in [1.82, 2.24) is 4.98 Å². The highest BCUT2D eigenvalue weighted by Crippen LogP contribution is 2.34. The standard InChI is InChI=1S/C31H39N3OS.C3H6/c1-9-10-23-15-16-25-26(32)27(36-29(25)34-23)28(35)33-24-13-11-21(12-14-24)20(2)19-22(31(6,7)8)17-18-30(3,4)5;1-3-2/h9,11-17,19H,1,10,18,32H2,2-8H3,(H,33,35);3H,1H2,2H3/b20-19+,22-17+;. The Hall–Kier alpha value is -3.44. The van der Waals surface area contributed by atoms with E-state index in [-0.39, 0.29) is 16.7 Å². The fourth-order valence-corrected chi connectivity index (χ4v) is 4.79. The molecular formula is C34H45N3OS. The van der Waals surface area contributed by atoms with E-state index >= 15 is 0 Å². The zero-order valence-electron chi connectivity index (χ0n) is 24.9. The van der Waals surface area contributed by atoms with Gasteiger partial charge in [-0.15, -0.1) is 24.5 Å². The van der Waals surface area contributed by atoms with Crippen molar-refractivity contribution in [1.29, 1.82) is 0 Å². The van der Waals surface area contributed by atoms with E-state index < -0.39 is 0 Å². The summed E-state index contributed by atoms with van der Waals surface area (Å²) in [5.74, 6) is -0.221. The summed E-state index contributed by atoms with van der Waals surface area (Å²) in [5, 5.41) is 3.79. The second-order valence-corrected chi connectivity index (χ2v) is 12.9. The smallest absolute Gasteiger partial charge is 0.267 e. The lowest BCUT2D eigenvalue weighted by atomic mass is 9.81. The van der Waals surface area contributed by atoms with Crippen molar-refractivity contribution < 1.29 is 4.79 Å². The van der Waals surface area contributed by atoms with E-state index in [4.69, 9.17) is 5.73 Å². The lowest BCUT2D eigenvalue weighted by Crippen LogP contribution is -2.12. The largest absolute Gasteiger partial charge is 0.397 e. The zero-order chi connectivity index (χ0) is 29.4. The van der Waals surface area contributed by atoms with Gasteiger partial charge in [-0.1, -0.05) is 78.0 Å². The minimum atomic E-state index is -0.221. The van der Waals surface area contributed by atoms with Crippen molar-refractivity contribution in [3.63, 3.8) is 0 Å². The molecule has 0 aliphatic carbocycles. The van der Waals surface area contributed by atoms with Crippen LogP contribution in [-0.2, 0) is 6.42 Å². The number of hydrogen-bond acceptors (Lipinski definition) is 4. The predicted molar refractivity (Wildman–Crippen MR) is 173 cm³/mol. The number of nitrogens with two attached hydrogens (primary N) is 1. The summed E-state index contributed by atoms with van der Waals surface area (Å²) in [6.07, 6.45) is 9.92. The molecule has 0 spiro atoms. The Balaban J connectivity index is 0.00000170. The van der Waals surface area contributed by atoms with E-state index in [1.54, 1.807) is 6.08 Å². The second-order valence-electron chi connectivity index (χ2n) is 11.9. The van der Waals surface area contributed by atoms with Gasteiger partial charge < -0.3 is 11.1 Å². The SMILES string of the molecule is C=CC.C=CCc1ccc2c(N)c(C(=O)Nc3ccc(/C(C)=C/C(=C\CC(C)(C)C)C(C)(C)C)cc3)sc2n1. The van der Waals surface area contributed by atoms with Crippen LogP contribution in [0.2, 0.25) is 0 Å². The number of benzene rings is 1. The number of aromatic nitrogens is 1. The van der Waals surface area contributed by atoms with Crippen LogP contribution in [0.3, 0.4) is 0 Å². The highest BCUT2D eigenvalue weighted by Gasteiger charge is 2.19. The van der Waals surface area contributed by atoms with Crippen LogP contribution in [0, 0.1) is 10.8 Å². The molecule has 0 atom stereocenters. The molecule has 4 nitrogen and oxygen atoms in total. The van der Waals surface area contributed by atoms with Gasteiger partial charge in [0, 0.05) is 23.2 Å². The molecule has 0 saturated carbocycles. The van der Waals surface area contributed by atoms with E-state index in [2.05, 4.69) is 84.1 Å². The van der Waals surface area contributed by atoms with Gasteiger partial charge in [-0.2, -0.15) is 0 Å². The molecule has 1 amide bonds. The van der Waals surface area contributed by atoms with E-state index in [0.29, 0.717) is 17.0 Å². The number of rotatable bonds is 7. The average Bonchev–Trinajstić information content (AvgIpc) is 3.17. The minimum absolute atomic E-state index is 0.0614. The number of carbonyl (C=O) groups excluding carboxylic acids is 1. The first-order valence-electron chi connectivity index (χ1n) is 13.4. The van der Waals surface area contributed by atoms with Crippen LogP contribution < -0.4 is 11.1 Å². The Kier molecular flexibility index (Phi) is 11.1. The van der Waals surface area contributed by atoms with Gasteiger partial charge in [-0.05, 0) is 72.1 Å². The van der Waals surface area contributed by atoms with Gasteiger partial charge in [-0.3, -0.25) is 4.79 Å². The molecule has 0 aliphatic rings. The fraction of sp³-hybridized carbons (Fsp3) is 0.353. The van der Waals surface area contributed by atoms with Crippen molar-refractivity contribution in [3.8, 4) is 0 Å². The Bertz CT molecular complexity index is 1360. The molecule has 3 aromatic rings. The molecule has 0 bridgehead atoms. The first-order chi connectivity index (χ1) is 18.2. The first kappa shape index (κ1) is 31.8. The number of allylic oxidation sites excluding steroid dienone is 6. The number of hydrogen-bond donors (Lipinski definition) is 2. The average molecular weight is 544 g/mol. The topological polar surface area (TPSA) is 68.0 Å². The molecule has 39 heavy (non-hydrogen) atoms. The van der Waals surface area contributed by atoms with Crippen LogP contribution in [0.15, 0.2) is 79.4 Å². The van der Waals surface area contributed by atoms with E-state index in [9.17, 15) is 4.79 Å². The monoisotopic (exact) mass is 543 g/mol. The van der Waals surface area contributed by atoms with Crippen LogP contribution >= 0.6 is 11.3 Å². The molecule has 0 aliphatic heterocycles. The Morgan fingerprint density at radius 2 is 1.67 bits per heavy atom. The maximum absolute atomic E-state index is 13.0. The number of nitrogens with one attached hydrogen (secondary N) is 1. The molecule has 2 heterocycles. The molecule has 0 unspecified atom stereocenters. The molecule has 0 radical (unpaired) electrons. The normalized spacial score (nSPS) is 12.5. The third kappa shape index (κ3) is 9.36. The molecule has 2 aromatic heterocycles. The van der Waals surface area contributed by atoms with Crippen LogP contribution in [0.1, 0.15) is 82.7 Å². The molecule has 3 rings (SSSR count). The third-order valence-corrected chi connectivity index (χ3v) is 7.10. The fourth-order valence-electron chi connectivity index (χ4n) is 3.78. The van der Waals surface area contributed by atoms with Crippen LogP contribution in [0.5, 0.6) is 0 Å². The Morgan fingerprint density at radius 3 is 2.21 bits per heavy atom. The number of fused-ring (bicyclic) bond motifs is 1. The quantitative estimate of drug-likeness (QED) is 0.230. The van der Waals surface area contributed by atoms with Crippen molar-refractivity contribution in [2.24, 2.45) is 10.8 Å². The zero-order valence-corrected chi connectivity index (χ0v) is 25.8. The summed E-state index contributed by atoms with van der Waals surface area (Å²) >= 11 is 1.32. The van der Waals surface area contributed by atoms with Gasteiger partial charge in [0.2, 0.25) is 0 Å². The minimum Gasteiger partial charge on any atom is -0.397 e. The van der Waals surface area contributed by atoms with Gasteiger partial charge in [0.25, 0.3) is 5.91 Å². The lowest BCUT2D eigenvalue weighted by molar-refractivity contribution is 0.103. The van der Waals surface area contributed by atoms with Gasteiger partial charge in [0.1, 0.15) is 9.71 Å². The van der Waals surface area contributed by atoms with Crippen LogP contribution in [0.4, 0.5) is 11.4 Å². The molecule has 3 N–H and O–H groups in total. The number of carbonyl (C=O) groups is 1. The lowest BCUT2D eigenvalue weighted by Gasteiger charge is -2.24. The summed E-state index contributed by atoms with van der Waals surface area (Å²) in [6.45, 7) is 24.7. The Labute approximate surface area is 239 Å².